The normalized spacial score (nSPS) is 12.0. The fraction of sp³-hybridized carbons (Fsp3) is 0.238. The van der Waals surface area contributed by atoms with Crippen molar-refractivity contribution in [2.75, 3.05) is 27.7 Å². The van der Waals surface area contributed by atoms with Crippen LogP contribution in [0.3, 0.4) is 0 Å². The molecule has 1 aromatic heterocycles. The molecule has 0 bridgehead atoms. The van der Waals surface area contributed by atoms with E-state index in [0.29, 0.717) is 12.2 Å². The molecular weight excluding hydrogens is 359 g/mol. The standard InChI is InChI=1S/C21H23FN4O2/c1-25(2)19(17-9-4-5-10-20(17)28-3)14-23-21(27)18-11-12-26(24-18)16-8-6-7-15(22)13-16/h4-13,19H,14H2,1-3H3,(H,23,27). The molecule has 2 aromatic carbocycles. The van der Waals surface area contributed by atoms with Crippen LogP contribution in [0.2, 0.25) is 0 Å². The Morgan fingerprint density at radius 2 is 2.00 bits per heavy atom. The van der Waals surface area contributed by atoms with Crippen LogP contribution in [0.25, 0.3) is 5.69 Å². The number of halogens is 1. The summed E-state index contributed by atoms with van der Waals surface area (Å²) >= 11 is 0. The van der Waals surface area contributed by atoms with Crippen molar-refractivity contribution in [2.45, 2.75) is 6.04 Å². The SMILES string of the molecule is COc1ccccc1C(CNC(=O)c1ccn(-c2cccc(F)c2)n1)N(C)C. The van der Waals surface area contributed by atoms with E-state index in [9.17, 15) is 9.18 Å². The van der Waals surface area contributed by atoms with Crippen molar-refractivity contribution < 1.29 is 13.9 Å². The monoisotopic (exact) mass is 382 g/mol. The van der Waals surface area contributed by atoms with E-state index in [1.165, 1.54) is 16.8 Å². The highest BCUT2D eigenvalue weighted by atomic mass is 19.1. The molecule has 0 fully saturated rings. The Bertz CT molecular complexity index is 955. The van der Waals surface area contributed by atoms with E-state index in [-0.39, 0.29) is 23.5 Å². The van der Waals surface area contributed by atoms with Crippen molar-refractivity contribution in [3.63, 3.8) is 0 Å². The summed E-state index contributed by atoms with van der Waals surface area (Å²) in [7, 11) is 5.52. The highest BCUT2D eigenvalue weighted by Gasteiger charge is 2.20. The number of aromatic nitrogens is 2. The second kappa shape index (κ2) is 8.67. The first-order valence-electron chi connectivity index (χ1n) is 8.88. The van der Waals surface area contributed by atoms with Crippen LogP contribution in [0.5, 0.6) is 5.75 Å². The van der Waals surface area contributed by atoms with Crippen LogP contribution in [-0.4, -0.2) is 48.3 Å². The van der Waals surface area contributed by atoms with E-state index in [0.717, 1.165) is 11.3 Å². The lowest BCUT2D eigenvalue weighted by Crippen LogP contribution is -2.35. The molecule has 146 valence electrons. The van der Waals surface area contributed by atoms with Gasteiger partial charge in [0.1, 0.15) is 11.6 Å². The molecule has 0 saturated heterocycles. The van der Waals surface area contributed by atoms with Crippen molar-refractivity contribution in [1.29, 1.82) is 0 Å². The zero-order chi connectivity index (χ0) is 20.1. The molecule has 0 spiro atoms. The highest BCUT2D eigenvalue weighted by molar-refractivity contribution is 5.92. The van der Waals surface area contributed by atoms with E-state index >= 15 is 0 Å². The Morgan fingerprint density at radius 1 is 1.21 bits per heavy atom. The number of likely N-dealkylation sites (N-methyl/N-ethyl adjacent to an activating group) is 1. The molecule has 0 aliphatic rings. The van der Waals surface area contributed by atoms with Gasteiger partial charge in [-0.25, -0.2) is 9.07 Å². The van der Waals surface area contributed by atoms with Crippen molar-refractivity contribution >= 4 is 5.91 Å². The lowest BCUT2D eigenvalue weighted by atomic mass is 10.0. The molecule has 1 atom stereocenters. The number of carbonyl (C=O) groups is 1. The molecule has 1 unspecified atom stereocenters. The number of rotatable bonds is 7. The Kier molecular flexibility index (Phi) is 6.06. The van der Waals surface area contributed by atoms with Crippen molar-refractivity contribution in [3.05, 3.63) is 77.9 Å². The first-order chi connectivity index (χ1) is 13.5. The number of carbonyl (C=O) groups excluding carboxylic acids is 1. The van der Waals surface area contributed by atoms with E-state index in [1.54, 1.807) is 31.5 Å². The molecule has 3 rings (SSSR count). The van der Waals surface area contributed by atoms with Crippen LogP contribution in [0.15, 0.2) is 60.8 Å². The van der Waals surface area contributed by atoms with Crippen LogP contribution in [-0.2, 0) is 0 Å². The molecule has 1 heterocycles. The molecule has 0 saturated carbocycles. The maximum atomic E-state index is 13.4. The topological polar surface area (TPSA) is 59.4 Å². The summed E-state index contributed by atoms with van der Waals surface area (Å²) in [6.07, 6.45) is 1.63. The molecular formula is C21H23FN4O2. The molecule has 0 radical (unpaired) electrons. The average molecular weight is 382 g/mol. The second-order valence-electron chi connectivity index (χ2n) is 6.56. The van der Waals surface area contributed by atoms with Crippen molar-refractivity contribution in [2.24, 2.45) is 0 Å². The first kappa shape index (κ1) is 19.6. The molecule has 3 aromatic rings. The minimum Gasteiger partial charge on any atom is -0.496 e. The number of benzene rings is 2. The average Bonchev–Trinajstić information content (AvgIpc) is 3.18. The third-order valence-electron chi connectivity index (χ3n) is 4.47. The zero-order valence-electron chi connectivity index (χ0n) is 16.1. The quantitative estimate of drug-likeness (QED) is 0.682. The van der Waals surface area contributed by atoms with Crippen LogP contribution in [0.4, 0.5) is 4.39 Å². The van der Waals surface area contributed by atoms with Crippen LogP contribution in [0, 0.1) is 5.82 Å². The van der Waals surface area contributed by atoms with Gasteiger partial charge in [0.15, 0.2) is 5.69 Å². The summed E-state index contributed by atoms with van der Waals surface area (Å²) in [4.78, 5) is 14.6. The number of para-hydroxylation sites is 1. The van der Waals surface area contributed by atoms with Gasteiger partial charge >= 0.3 is 0 Å². The Hall–Kier alpha value is -3.19. The lowest BCUT2D eigenvalue weighted by molar-refractivity contribution is 0.0936. The Morgan fingerprint density at radius 3 is 2.71 bits per heavy atom. The smallest absolute Gasteiger partial charge is 0.271 e. The minimum absolute atomic E-state index is 0.0644. The summed E-state index contributed by atoms with van der Waals surface area (Å²) < 4.78 is 20.3. The molecule has 0 aliphatic heterocycles. The second-order valence-corrected chi connectivity index (χ2v) is 6.56. The van der Waals surface area contributed by atoms with Gasteiger partial charge in [0, 0.05) is 18.3 Å². The number of ether oxygens (including phenoxy) is 1. The molecule has 1 amide bonds. The third-order valence-corrected chi connectivity index (χ3v) is 4.47. The van der Waals surface area contributed by atoms with Crippen molar-refractivity contribution in [3.8, 4) is 11.4 Å². The van der Waals surface area contributed by atoms with E-state index in [1.807, 2.05) is 43.3 Å². The number of nitrogens with one attached hydrogen (secondary N) is 1. The molecule has 7 heteroatoms. The minimum atomic E-state index is -0.357. The van der Waals surface area contributed by atoms with Gasteiger partial charge in [0.05, 0.1) is 18.8 Å². The van der Waals surface area contributed by atoms with Gasteiger partial charge in [0.25, 0.3) is 5.91 Å². The number of methoxy groups -OCH3 is 1. The number of hydrogen-bond acceptors (Lipinski definition) is 4. The number of amides is 1. The maximum Gasteiger partial charge on any atom is 0.271 e. The van der Waals surface area contributed by atoms with E-state index in [4.69, 9.17) is 4.74 Å². The van der Waals surface area contributed by atoms with E-state index in [2.05, 4.69) is 10.4 Å². The van der Waals surface area contributed by atoms with Gasteiger partial charge < -0.3 is 15.0 Å². The fourth-order valence-electron chi connectivity index (χ4n) is 3.00. The first-order valence-corrected chi connectivity index (χ1v) is 8.88. The van der Waals surface area contributed by atoms with Crippen LogP contribution in [0.1, 0.15) is 22.1 Å². The summed E-state index contributed by atoms with van der Waals surface area (Å²) in [5, 5.41) is 7.17. The van der Waals surface area contributed by atoms with Crippen LogP contribution >= 0.6 is 0 Å². The summed E-state index contributed by atoms with van der Waals surface area (Å²) in [5.41, 5.74) is 1.81. The molecule has 6 nitrogen and oxygen atoms in total. The summed E-state index contributed by atoms with van der Waals surface area (Å²) in [6, 6.07) is 15.3. The number of nitrogens with zero attached hydrogens (tertiary/aromatic N) is 3. The van der Waals surface area contributed by atoms with Gasteiger partial charge in [0.2, 0.25) is 0 Å². The van der Waals surface area contributed by atoms with Gasteiger partial charge in [-0.1, -0.05) is 24.3 Å². The van der Waals surface area contributed by atoms with Crippen LogP contribution < -0.4 is 10.1 Å². The van der Waals surface area contributed by atoms with Gasteiger partial charge in [-0.2, -0.15) is 5.10 Å². The van der Waals surface area contributed by atoms with Gasteiger partial charge in [-0.15, -0.1) is 0 Å². The van der Waals surface area contributed by atoms with Gasteiger partial charge in [-0.3, -0.25) is 4.79 Å². The van der Waals surface area contributed by atoms with Gasteiger partial charge in [-0.05, 0) is 44.4 Å². The zero-order valence-corrected chi connectivity index (χ0v) is 16.1. The predicted molar refractivity (Wildman–Crippen MR) is 105 cm³/mol. The molecule has 1 N–H and O–H groups in total. The number of hydrogen-bond donors (Lipinski definition) is 1. The Labute approximate surface area is 163 Å². The molecule has 28 heavy (non-hydrogen) atoms. The molecule has 0 aliphatic carbocycles. The van der Waals surface area contributed by atoms with Crippen molar-refractivity contribution in [1.82, 2.24) is 20.0 Å². The maximum absolute atomic E-state index is 13.4. The summed E-state index contributed by atoms with van der Waals surface area (Å²) in [6.45, 7) is 0.388. The Balaban J connectivity index is 1.72. The predicted octanol–water partition coefficient (Wildman–Crippen LogP) is 3.05. The largest absolute Gasteiger partial charge is 0.496 e. The summed E-state index contributed by atoms with van der Waals surface area (Å²) in [5.74, 6) is 0.118. The fourth-order valence-corrected chi connectivity index (χ4v) is 3.00. The van der Waals surface area contributed by atoms with E-state index < -0.39 is 0 Å². The lowest BCUT2D eigenvalue weighted by Gasteiger charge is -2.26. The highest BCUT2D eigenvalue weighted by Crippen LogP contribution is 2.27. The third kappa shape index (κ3) is 4.37.